The Morgan fingerprint density at radius 1 is 0.283 bits per heavy atom. The Balaban J connectivity index is 0.961. The van der Waals surface area contributed by atoms with Gasteiger partial charge < -0.3 is 9.32 Å². The highest BCUT2D eigenvalue weighted by atomic mass is 16.3. The molecule has 0 amide bonds. The number of rotatable bonds is 8. The van der Waals surface area contributed by atoms with Gasteiger partial charge in [0.15, 0.2) is 0 Å². The first-order valence-electron chi connectivity index (χ1n) is 20.5. The number of hydrogen-bond acceptors (Lipinski definition) is 2. The molecule has 2 nitrogen and oxygen atoms in total. The molecule has 0 N–H and O–H groups in total. The van der Waals surface area contributed by atoms with E-state index in [1.54, 1.807) is 0 Å². The minimum absolute atomic E-state index is 0.865. The first kappa shape index (κ1) is 35.2. The van der Waals surface area contributed by atoms with Crippen LogP contribution in [0.1, 0.15) is 0 Å². The Labute approximate surface area is 349 Å². The van der Waals surface area contributed by atoms with Crippen LogP contribution in [-0.2, 0) is 0 Å². The van der Waals surface area contributed by atoms with E-state index in [1.807, 2.05) is 12.1 Å². The van der Waals surface area contributed by atoms with Crippen molar-refractivity contribution in [1.29, 1.82) is 0 Å². The summed E-state index contributed by atoms with van der Waals surface area (Å²) >= 11 is 0. The van der Waals surface area contributed by atoms with E-state index in [0.717, 1.165) is 50.1 Å². The van der Waals surface area contributed by atoms with Gasteiger partial charge in [-0.3, -0.25) is 0 Å². The largest absolute Gasteiger partial charge is 0.456 e. The highest BCUT2D eigenvalue weighted by molar-refractivity contribution is 6.13. The lowest BCUT2D eigenvalue weighted by molar-refractivity contribution is 0.669. The Morgan fingerprint density at radius 3 is 1.62 bits per heavy atom. The van der Waals surface area contributed by atoms with Crippen molar-refractivity contribution in [2.24, 2.45) is 0 Å². The molecule has 11 aromatic rings. The zero-order chi connectivity index (χ0) is 39.8. The molecular weight excluding hydrogens is 727 g/mol. The van der Waals surface area contributed by atoms with Crippen LogP contribution in [0.5, 0.6) is 0 Å². The monoisotopic (exact) mass is 765 g/mol. The molecule has 1 heterocycles. The number of benzene rings is 10. The second-order valence-corrected chi connectivity index (χ2v) is 15.3. The van der Waals surface area contributed by atoms with E-state index >= 15 is 0 Å². The van der Waals surface area contributed by atoms with Crippen molar-refractivity contribution in [2.45, 2.75) is 0 Å². The van der Waals surface area contributed by atoms with E-state index in [2.05, 4.69) is 229 Å². The second-order valence-electron chi connectivity index (χ2n) is 15.3. The third-order valence-electron chi connectivity index (χ3n) is 11.7. The summed E-state index contributed by atoms with van der Waals surface area (Å²) in [5.41, 5.74) is 16.8. The van der Waals surface area contributed by atoms with Gasteiger partial charge in [-0.1, -0.05) is 182 Å². The van der Waals surface area contributed by atoms with Crippen LogP contribution in [0.4, 0.5) is 17.1 Å². The Hall–Kier alpha value is -7.94. The zero-order valence-electron chi connectivity index (χ0n) is 32.9. The van der Waals surface area contributed by atoms with E-state index in [9.17, 15) is 0 Å². The number of para-hydroxylation sites is 1. The van der Waals surface area contributed by atoms with Gasteiger partial charge in [-0.2, -0.15) is 0 Å². The number of nitrogens with zero attached hydrogens (tertiary/aromatic N) is 1. The third kappa shape index (κ3) is 6.51. The Bertz CT molecular complexity index is 3310. The van der Waals surface area contributed by atoms with E-state index in [4.69, 9.17) is 4.42 Å². The molecule has 10 aromatic carbocycles. The fourth-order valence-corrected chi connectivity index (χ4v) is 8.69. The minimum Gasteiger partial charge on any atom is -0.456 e. The topological polar surface area (TPSA) is 16.4 Å². The smallest absolute Gasteiger partial charge is 0.137 e. The predicted molar refractivity (Wildman–Crippen MR) is 253 cm³/mol. The van der Waals surface area contributed by atoms with Gasteiger partial charge in [0, 0.05) is 16.8 Å². The van der Waals surface area contributed by atoms with Crippen molar-refractivity contribution in [3.63, 3.8) is 0 Å². The van der Waals surface area contributed by atoms with Crippen LogP contribution >= 0.6 is 0 Å². The quantitative estimate of drug-likeness (QED) is 0.153. The lowest BCUT2D eigenvalue weighted by Gasteiger charge is -2.27. The normalized spacial score (nSPS) is 11.3. The summed E-state index contributed by atoms with van der Waals surface area (Å²) in [5, 5.41) is 4.70. The Kier molecular flexibility index (Phi) is 8.87. The molecule has 0 aliphatic carbocycles. The maximum Gasteiger partial charge on any atom is 0.137 e. The summed E-state index contributed by atoms with van der Waals surface area (Å²) in [6, 6.07) is 84.8. The maximum atomic E-state index is 6.41. The zero-order valence-corrected chi connectivity index (χ0v) is 32.9. The Morgan fingerprint density at radius 2 is 0.817 bits per heavy atom. The number of furan rings is 1. The minimum atomic E-state index is 0.865. The van der Waals surface area contributed by atoms with Gasteiger partial charge in [0.25, 0.3) is 0 Å². The molecule has 11 rings (SSSR count). The molecule has 0 fully saturated rings. The molecule has 0 aliphatic heterocycles. The maximum absolute atomic E-state index is 6.41. The van der Waals surface area contributed by atoms with E-state index < -0.39 is 0 Å². The standard InChI is InChI=1S/C58H39NO/c1-2-14-44(15-3-1)52-21-6-7-22-53(52)49-19-11-20-51(39-49)59(55-24-12-26-57-58(55)54-23-8-9-25-56(54)60-57)50-35-33-42(34-36-50)41-27-29-43(30-28-41)46-17-10-18-47(37-46)48-32-31-40-13-4-5-16-45(40)38-48/h1-39H. The first-order chi connectivity index (χ1) is 29.7. The van der Waals surface area contributed by atoms with Gasteiger partial charge >= 0.3 is 0 Å². The van der Waals surface area contributed by atoms with Crippen molar-refractivity contribution >= 4 is 49.8 Å². The van der Waals surface area contributed by atoms with E-state index in [0.29, 0.717) is 0 Å². The van der Waals surface area contributed by atoms with Crippen LogP contribution in [-0.4, -0.2) is 0 Å². The van der Waals surface area contributed by atoms with Crippen LogP contribution in [0.15, 0.2) is 241 Å². The molecule has 0 saturated heterocycles. The first-order valence-corrected chi connectivity index (χ1v) is 20.5. The van der Waals surface area contributed by atoms with Gasteiger partial charge in [-0.15, -0.1) is 0 Å². The number of hydrogen-bond donors (Lipinski definition) is 0. The van der Waals surface area contributed by atoms with Crippen LogP contribution in [0.25, 0.3) is 88.3 Å². The SMILES string of the molecule is c1ccc(-c2ccccc2-c2cccc(N(c3ccc(-c4ccc(-c5cccc(-c6ccc7ccccc7c6)c5)cc4)cc3)c3cccc4oc5ccccc5c34)c2)cc1. The molecule has 0 atom stereocenters. The number of fused-ring (bicyclic) bond motifs is 4. The van der Waals surface area contributed by atoms with Crippen molar-refractivity contribution in [2.75, 3.05) is 4.90 Å². The molecule has 60 heavy (non-hydrogen) atoms. The molecule has 0 spiro atoms. The van der Waals surface area contributed by atoms with Crippen molar-refractivity contribution in [3.8, 4) is 55.6 Å². The number of anilines is 3. The highest BCUT2D eigenvalue weighted by Crippen LogP contribution is 2.44. The van der Waals surface area contributed by atoms with E-state index in [-0.39, 0.29) is 0 Å². The molecular formula is C58H39NO. The molecule has 1 aromatic heterocycles. The summed E-state index contributed by atoms with van der Waals surface area (Å²) in [6.45, 7) is 0. The van der Waals surface area contributed by atoms with Crippen LogP contribution < -0.4 is 4.90 Å². The molecule has 282 valence electrons. The molecule has 0 saturated carbocycles. The molecule has 0 radical (unpaired) electrons. The van der Waals surface area contributed by atoms with Gasteiger partial charge in [0.2, 0.25) is 0 Å². The molecule has 0 unspecified atom stereocenters. The highest BCUT2D eigenvalue weighted by Gasteiger charge is 2.20. The average Bonchev–Trinajstić information content (AvgIpc) is 3.72. The van der Waals surface area contributed by atoms with Gasteiger partial charge in [-0.05, 0) is 121 Å². The fourth-order valence-electron chi connectivity index (χ4n) is 8.69. The molecule has 2 heteroatoms. The lowest BCUT2D eigenvalue weighted by Crippen LogP contribution is -2.10. The summed E-state index contributed by atoms with van der Waals surface area (Å²) < 4.78 is 6.41. The van der Waals surface area contributed by atoms with Crippen molar-refractivity contribution in [1.82, 2.24) is 0 Å². The molecule has 0 aliphatic rings. The summed E-state index contributed by atoms with van der Waals surface area (Å²) in [6.07, 6.45) is 0. The van der Waals surface area contributed by atoms with Crippen molar-refractivity contribution < 1.29 is 4.42 Å². The summed E-state index contributed by atoms with van der Waals surface area (Å²) in [5.74, 6) is 0. The van der Waals surface area contributed by atoms with Crippen molar-refractivity contribution in [3.05, 3.63) is 237 Å². The van der Waals surface area contributed by atoms with Gasteiger partial charge in [-0.25, -0.2) is 0 Å². The van der Waals surface area contributed by atoms with Gasteiger partial charge in [0.1, 0.15) is 11.2 Å². The lowest BCUT2D eigenvalue weighted by atomic mass is 9.94. The fraction of sp³-hybridized carbons (Fsp3) is 0. The summed E-state index contributed by atoms with van der Waals surface area (Å²) in [4.78, 5) is 2.37. The second kappa shape index (κ2) is 15.1. The predicted octanol–water partition coefficient (Wildman–Crippen LogP) is 16.5. The van der Waals surface area contributed by atoms with Crippen LogP contribution in [0.2, 0.25) is 0 Å². The molecule has 0 bridgehead atoms. The van der Waals surface area contributed by atoms with Crippen LogP contribution in [0, 0.1) is 0 Å². The summed E-state index contributed by atoms with van der Waals surface area (Å²) in [7, 11) is 0. The average molecular weight is 766 g/mol. The van der Waals surface area contributed by atoms with Gasteiger partial charge in [0.05, 0.1) is 11.1 Å². The van der Waals surface area contributed by atoms with E-state index in [1.165, 1.54) is 55.3 Å². The van der Waals surface area contributed by atoms with Crippen LogP contribution in [0.3, 0.4) is 0 Å². The third-order valence-corrected chi connectivity index (χ3v) is 11.7.